The molecule has 0 amide bonds. The van der Waals surface area contributed by atoms with E-state index in [0.717, 1.165) is 0 Å². The molecule has 0 heterocycles. The fourth-order valence-corrected chi connectivity index (χ4v) is 3.95. The summed E-state index contributed by atoms with van der Waals surface area (Å²) in [4.78, 5) is 0. The van der Waals surface area contributed by atoms with E-state index in [1.54, 1.807) is 19.1 Å². The highest BCUT2D eigenvalue weighted by Gasteiger charge is 2.54. The molecule has 0 saturated heterocycles. The number of benzene rings is 2. The highest BCUT2D eigenvalue weighted by Crippen LogP contribution is 2.47. The summed E-state index contributed by atoms with van der Waals surface area (Å²) in [6, 6.07) is 18.4. The molecule has 0 aliphatic heterocycles. The van der Waals surface area contributed by atoms with Gasteiger partial charge in [0.1, 0.15) is 5.60 Å². The second-order valence-electron chi connectivity index (χ2n) is 8.31. The molecule has 136 valence electrons. The van der Waals surface area contributed by atoms with E-state index >= 15 is 0 Å². The van der Waals surface area contributed by atoms with Crippen LogP contribution >= 0.6 is 0 Å². The Bertz CT molecular complexity index is 690. The van der Waals surface area contributed by atoms with Crippen molar-refractivity contribution < 1.29 is 14.6 Å². The van der Waals surface area contributed by atoms with Crippen molar-refractivity contribution in [1.82, 2.24) is 0 Å². The molecular weight excluding hydrogens is 328 g/mol. The Balaban J connectivity index is 2.62. The first-order chi connectivity index (χ1) is 11.4. The lowest BCUT2D eigenvalue weighted by Gasteiger charge is -2.49. The van der Waals surface area contributed by atoms with Crippen molar-refractivity contribution in [3.63, 3.8) is 0 Å². The predicted octanol–water partition coefficient (Wildman–Crippen LogP) is 4.76. The summed E-state index contributed by atoms with van der Waals surface area (Å²) in [5.74, 6) is -1.85. The molecule has 3 nitrogen and oxygen atoms in total. The minimum Gasteiger partial charge on any atom is -0.384 e. The summed E-state index contributed by atoms with van der Waals surface area (Å²) >= 11 is 0. The second kappa shape index (κ2) is 6.69. The van der Waals surface area contributed by atoms with Crippen molar-refractivity contribution in [2.75, 3.05) is 0 Å². The summed E-state index contributed by atoms with van der Waals surface area (Å²) in [6.07, 6.45) is 0. The maximum Gasteiger partial charge on any atom is 0.217 e. The van der Waals surface area contributed by atoms with Gasteiger partial charge >= 0.3 is 0 Å². The average molecular weight is 359 g/mol. The number of hydrogen-bond donors (Lipinski definition) is 2. The van der Waals surface area contributed by atoms with E-state index in [2.05, 4.69) is 33.9 Å². The van der Waals surface area contributed by atoms with E-state index in [-0.39, 0.29) is 5.04 Å². The zero-order valence-corrected chi connectivity index (χ0v) is 17.1. The van der Waals surface area contributed by atoms with Crippen LogP contribution in [0.3, 0.4) is 0 Å². The highest BCUT2D eigenvalue weighted by atomic mass is 28.4. The molecule has 2 atom stereocenters. The normalized spacial score (nSPS) is 17.6. The van der Waals surface area contributed by atoms with Gasteiger partial charge in [0.25, 0.3) is 0 Å². The van der Waals surface area contributed by atoms with Crippen LogP contribution in [0, 0.1) is 0 Å². The largest absolute Gasteiger partial charge is 0.384 e. The van der Waals surface area contributed by atoms with Gasteiger partial charge in [-0.25, -0.2) is 0 Å². The third-order valence-corrected chi connectivity index (χ3v) is 9.79. The summed E-state index contributed by atoms with van der Waals surface area (Å²) in [5, 5.41) is 23.1. The molecule has 0 saturated carbocycles. The van der Waals surface area contributed by atoms with Gasteiger partial charge in [-0.1, -0.05) is 81.4 Å². The Morgan fingerprint density at radius 1 is 0.720 bits per heavy atom. The molecule has 0 aliphatic carbocycles. The zero-order chi connectivity index (χ0) is 18.9. The van der Waals surface area contributed by atoms with Crippen LogP contribution in [0.15, 0.2) is 60.7 Å². The molecule has 0 fully saturated rings. The molecule has 2 rings (SSSR count). The Labute approximate surface area is 152 Å². The molecule has 0 aromatic heterocycles. The molecular formula is C21H30O3Si. The van der Waals surface area contributed by atoms with Gasteiger partial charge in [-0.3, -0.25) is 0 Å². The van der Waals surface area contributed by atoms with Crippen LogP contribution in [0.5, 0.6) is 0 Å². The molecule has 2 N–H and O–H groups in total. The van der Waals surface area contributed by atoms with Gasteiger partial charge in [0, 0.05) is 5.56 Å². The topological polar surface area (TPSA) is 49.7 Å². The van der Waals surface area contributed by atoms with Gasteiger partial charge in [-0.2, -0.15) is 0 Å². The monoisotopic (exact) mass is 358 g/mol. The molecule has 0 unspecified atom stereocenters. The van der Waals surface area contributed by atoms with Crippen molar-refractivity contribution in [2.24, 2.45) is 0 Å². The maximum absolute atomic E-state index is 11.7. The standard InChI is InChI=1S/C21H30O3Si/c1-19(2,3)25(5,6)24-21(23,18-15-11-8-12-16-18)20(4,22)17-13-9-7-10-14-17/h7-16,22-23H,1-6H3/t20-,21-/m1/s1. The Kier molecular flexibility index (Phi) is 5.31. The van der Waals surface area contributed by atoms with E-state index in [9.17, 15) is 10.2 Å². The molecule has 4 heteroatoms. The second-order valence-corrected chi connectivity index (χ2v) is 13.0. The van der Waals surface area contributed by atoms with E-state index in [1.807, 2.05) is 48.5 Å². The third-order valence-electron chi connectivity index (χ3n) is 5.37. The summed E-state index contributed by atoms with van der Waals surface area (Å²) in [5.41, 5.74) is -0.445. The van der Waals surface area contributed by atoms with Crippen LogP contribution in [0.1, 0.15) is 38.8 Å². The van der Waals surface area contributed by atoms with E-state index in [4.69, 9.17) is 4.43 Å². The Morgan fingerprint density at radius 2 is 1.12 bits per heavy atom. The summed E-state index contributed by atoms with van der Waals surface area (Å²) < 4.78 is 6.44. The molecule has 25 heavy (non-hydrogen) atoms. The van der Waals surface area contributed by atoms with Crippen LogP contribution in [0.25, 0.3) is 0 Å². The average Bonchev–Trinajstić information content (AvgIpc) is 2.55. The molecule has 0 spiro atoms. The van der Waals surface area contributed by atoms with Crippen LogP contribution in [-0.4, -0.2) is 18.5 Å². The fourth-order valence-electron chi connectivity index (χ4n) is 2.58. The van der Waals surface area contributed by atoms with Crippen molar-refractivity contribution in [2.45, 2.75) is 57.2 Å². The molecule has 0 bridgehead atoms. The SMILES string of the molecule is CC(C)(C)[Si](C)(C)O[C@](O)(c1ccccc1)[C@](C)(O)c1ccccc1. The molecule has 2 aromatic rings. The molecule has 2 aromatic carbocycles. The van der Waals surface area contributed by atoms with Crippen molar-refractivity contribution >= 4 is 8.32 Å². The summed E-state index contributed by atoms with van der Waals surface area (Å²) in [7, 11) is -2.38. The van der Waals surface area contributed by atoms with Crippen molar-refractivity contribution in [3.05, 3.63) is 71.8 Å². The highest BCUT2D eigenvalue weighted by molar-refractivity contribution is 6.74. The van der Waals surface area contributed by atoms with Crippen molar-refractivity contribution in [3.8, 4) is 0 Å². The quantitative estimate of drug-likeness (QED) is 0.598. The third kappa shape index (κ3) is 3.72. The minimum atomic E-state index is -2.38. The Hall–Kier alpha value is -1.46. The van der Waals surface area contributed by atoms with Gasteiger partial charge in [-0.15, -0.1) is 0 Å². The maximum atomic E-state index is 11.7. The first-order valence-electron chi connectivity index (χ1n) is 8.68. The zero-order valence-electron chi connectivity index (χ0n) is 16.1. The molecule has 0 radical (unpaired) electrons. The predicted molar refractivity (Wildman–Crippen MR) is 105 cm³/mol. The van der Waals surface area contributed by atoms with E-state index in [0.29, 0.717) is 11.1 Å². The van der Waals surface area contributed by atoms with Gasteiger partial charge < -0.3 is 14.6 Å². The van der Waals surface area contributed by atoms with Crippen molar-refractivity contribution in [1.29, 1.82) is 0 Å². The minimum absolute atomic E-state index is 0.109. The van der Waals surface area contributed by atoms with Crippen LogP contribution in [-0.2, 0) is 15.8 Å². The molecule has 0 aliphatic rings. The fraction of sp³-hybridized carbons (Fsp3) is 0.429. The van der Waals surface area contributed by atoms with E-state index < -0.39 is 19.7 Å². The van der Waals surface area contributed by atoms with E-state index in [1.165, 1.54) is 0 Å². The number of rotatable bonds is 5. The summed E-state index contributed by atoms with van der Waals surface area (Å²) in [6.45, 7) is 12.1. The first-order valence-corrected chi connectivity index (χ1v) is 11.6. The van der Waals surface area contributed by atoms with Gasteiger partial charge in [0.05, 0.1) is 0 Å². The van der Waals surface area contributed by atoms with Gasteiger partial charge in [-0.05, 0) is 30.6 Å². The van der Waals surface area contributed by atoms with Crippen LogP contribution in [0.2, 0.25) is 18.1 Å². The van der Waals surface area contributed by atoms with Crippen LogP contribution < -0.4 is 0 Å². The number of hydrogen-bond acceptors (Lipinski definition) is 3. The number of aliphatic hydroxyl groups is 2. The lowest BCUT2D eigenvalue weighted by molar-refractivity contribution is -0.274. The first kappa shape index (κ1) is 19.9. The van der Waals surface area contributed by atoms with Gasteiger partial charge in [0.15, 0.2) is 8.32 Å². The van der Waals surface area contributed by atoms with Gasteiger partial charge in [0.2, 0.25) is 5.79 Å². The smallest absolute Gasteiger partial charge is 0.217 e. The van der Waals surface area contributed by atoms with Crippen LogP contribution in [0.4, 0.5) is 0 Å². The lowest BCUT2D eigenvalue weighted by Crippen LogP contribution is -2.57. The lowest BCUT2D eigenvalue weighted by atomic mass is 9.83. The Morgan fingerprint density at radius 3 is 1.52 bits per heavy atom.